The molecule has 6 nitrogen and oxygen atoms in total. The zero-order valence-electron chi connectivity index (χ0n) is 12.9. The molecule has 1 atom stereocenters. The van der Waals surface area contributed by atoms with Crippen LogP contribution in [0, 0.1) is 0 Å². The standard InChI is InChI=1S/C17H19N3O3/c21-16(14-11-18-20-8-4-9-23-17(14)20)19-12-22-10-7-15(19)13-5-2-1-3-6-13/h1-3,5-6,11,15H,4,7-10,12H2. The molecular weight excluding hydrogens is 294 g/mol. The first-order valence-electron chi connectivity index (χ1n) is 7.97. The van der Waals surface area contributed by atoms with E-state index in [9.17, 15) is 4.79 Å². The lowest BCUT2D eigenvalue weighted by molar-refractivity contribution is -0.0341. The van der Waals surface area contributed by atoms with Gasteiger partial charge in [0.2, 0.25) is 5.88 Å². The van der Waals surface area contributed by atoms with Gasteiger partial charge in [0.1, 0.15) is 12.3 Å². The first kappa shape index (κ1) is 14.3. The van der Waals surface area contributed by atoms with Gasteiger partial charge < -0.3 is 14.4 Å². The Balaban J connectivity index is 1.64. The molecule has 23 heavy (non-hydrogen) atoms. The van der Waals surface area contributed by atoms with Gasteiger partial charge in [-0.3, -0.25) is 4.79 Å². The van der Waals surface area contributed by atoms with Crippen LogP contribution in [0.25, 0.3) is 0 Å². The highest BCUT2D eigenvalue weighted by molar-refractivity contribution is 5.96. The number of hydrogen-bond donors (Lipinski definition) is 0. The van der Waals surface area contributed by atoms with Crippen molar-refractivity contribution in [2.24, 2.45) is 0 Å². The van der Waals surface area contributed by atoms with Crippen LogP contribution in [0.5, 0.6) is 5.88 Å². The van der Waals surface area contributed by atoms with E-state index in [-0.39, 0.29) is 11.9 Å². The minimum atomic E-state index is -0.0818. The fraction of sp³-hybridized carbons (Fsp3) is 0.412. The molecule has 3 heterocycles. The molecule has 2 aliphatic rings. The minimum absolute atomic E-state index is 0.0246. The van der Waals surface area contributed by atoms with Gasteiger partial charge in [-0.25, -0.2) is 4.68 Å². The molecule has 120 valence electrons. The maximum absolute atomic E-state index is 13.0. The van der Waals surface area contributed by atoms with Crippen LogP contribution in [0.1, 0.15) is 34.8 Å². The highest BCUT2D eigenvalue weighted by atomic mass is 16.5. The molecule has 4 rings (SSSR count). The third-order valence-electron chi connectivity index (χ3n) is 4.36. The number of hydrogen-bond acceptors (Lipinski definition) is 4. The Morgan fingerprint density at radius 3 is 2.96 bits per heavy atom. The van der Waals surface area contributed by atoms with Crippen molar-refractivity contribution in [3.05, 3.63) is 47.7 Å². The van der Waals surface area contributed by atoms with Gasteiger partial charge in [0, 0.05) is 13.0 Å². The van der Waals surface area contributed by atoms with Crippen LogP contribution in [0.3, 0.4) is 0 Å². The summed E-state index contributed by atoms with van der Waals surface area (Å²) in [5.41, 5.74) is 1.65. The zero-order chi connectivity index (χ0) is 15.6. The number of amides is 1. The highest BCUT2D eigenvalue weighted by Crippen LogP contribution is 2.31. The number of benzene rings is 1. The summed E-state index contributed by atoms with van der Waals surface area (Å²) in [7, 11) is 0. The maximum Gasteiger partial charge on any atom is 0.263 e. The molecule has 2 aliphatic heterocycles. The van der Waals surface area contributed by atoms with E-state index in [1.165, 1.54) is 0 Å². The minimum Gasteiger partial charge on any atom is -0.477 e. The van der Waals surface area contributed by atoms with E-state index in [0.717, 1.165) is 24.9 Å². The van der Waals surface area contributed by atoms with Crippen molar-refractivity contribution in [3.8, 4) is 5.88 Å². The number of rotatable bonds is 2. The van der Waals surface area contributed by atoms with Crippen molar-refractivity contribution in [1.82, 2.24) is 14.7 Å². The van der Waals surface area contributed by atoms with Crippen LogP contribution in [-0.2, 0) is 11.3 Å². The van der Waals surface area contributed by atoms with Crippen LogP contribution in [-0.4, -0.2) is 40.5 Å². The van der Waals surface area contributed by atoms with E-state index < -0.39 is 0 Å². The van der Waals surface area contributed by atoms with Crippen molar-refractivity contribution in [1.29, 1.82) is 0 Å². The number of nitrogens with zero attached hydrogens (tertiary/aromatic N) is 3. The second-order valence-electron chi connectivity index (χ2n) is 5.82. The first-order chi connectivity index (χ1) is 11.3. The number of aryl methyl sites for hydroxylation is 1. The van der Waals surface area contributed by atoms with Crippen LogP contribution in [0.4, 0.5) is 0 Å². The largest absolute Gasteiger partial charge is 0.477 e. The summed E-state index contributed by atoms with van der Waals surface area (Å²) in [6, 6.07) is 10.1. The molecule has 0 saturated carbocycles. The Morgan fingerprint density at radius 1 is 1.22 bits per heavy atom. The molecule has 1 aromatic heterocycles. The van der Waals surface area contributed by atoms with E-state index in [0.29, 0.717) is 31.4 Å². The van der Waals surface area contributed by atoms with Crippen LogP contribution >= 0.6 is 0 Å². The normalized spacial score (nSPS) is 20.7. The molecule has 0 bridgehead atoms. The molecule has 0 spiro atoms. The third kappa shape index (κ3) is 2.59. The molecule has 1 fully saturated rings. The van der Waals surface area contributed by atoms with Gasteiger partial charge in [0.05, 0.1) is 25.5 Å². The molecule has 0 aliphatic carbocycles. The first-order valence-corrected chi connectivity index (χ1v) is 7.97. The summed E-state index contributed by atoms with van der Waals surface area (Å²) < 4.78 is 13.0. The Bertz CT molecular complexity index is 698. The second kappa shape index (κ2) is 6.04. The van der Waals surface area contributed by atoms with Gasteiger partial charge >= 0.3 is 0 Å². The average molecular weight is 313 g/mol. The third-order valence-corrected chi connectivity index (χ3v) is 4.36. The van der Waals surface area contributed by atoms with E-state index in [1.54, 1.807) is 15.8 Å². The number of carbonyl (C=O) groups is 1. The summed E-state index contributed by atoms with van der Waals surface area (Å²) in [6.45, 7) is 2.38. The molecule has 2 aromatic rings. The summed E-state index contributed by atoms with van der Waals surface area (Å²) in [6.07, 6.45) is 3.32. The number of fused-ring (bicyclic) bond motifs is 1. The maximum atomic E-state index is 13.0. The van der Waals surface area contributed by atoms with E-state index in [4.69, 9.17) is 9.47 Å². The second-order valence-corrected chi connectivity index (χ2v) is 5.82. The van der Waals surface area contributed by atoms with Crippen LogP contribution in [0.15, 0.2) is 36.5 Å². The Morgan fingerprint density at radius 2 is 2.09 bits per heavy atom. The number of carbonyl (C=O) groups excluding carboxylic acids is 1. The van der Waals surface area contributed by atoms with E-state index >= 15 is 0 Å². The van der Waals surface area contributed by atoms with E-state index in [1.807, 2.05) is 18.2 Å². The quantitative estimate of drug-likeness (QED) is 0.853. The topological polar surface area (TPSA) is 56.6 Å². The summed E-state index contributed by atoms with van der Waals surface area (Å²) >= 11 is 0. The predicted molar refractivity (Wildman–Crippen MR) is 83.1 cm³/mol. The molecule has 0 N–H and O–H groups in total. The van der Waals surface area contributed by atoms with Crippen LogP contribution in [0.2, 0.25) is 0 Å². The van der Waals surface area contributed by atoms with Gasteiger partial charge in [-0.15, -0.1) is 0 Å². The van der Waals surface area contributed by atoms with E-state index in [2.05, 4.69) is 17.2 Å². The van der Waals surface area contributed by atoms with Gasteiger partial charge in [-0.05, 0) is 12.0 Å². The lowest BCUT2D eigenvalue weighted by Gasteiger charge is -2.35. The van der Waals surface area contributed by atoms with Crippen molar-refractivity contribution in [2.45, 2.75) is 25.4 Å². The zero-order valence-corrected chi connectivity index (χ0v) is 12.9. The van der Waals surface area contributed by atoms with Gasteiger partial charge in [-0.2, -0.15) is 5.10 Å². The smallest absolute Gasteiger partial charge is 0.263 e. The van der Waals surface area contributed by atoms with Gasteiger partial charge in [0.15, 0.2) is 0 Å². The molecule has 1 amide bonds. The molecule has 1 aromatic carbocycles. The molecule has 0 radical (unpaired) electrons. The molecule has 1 unspecified atom stereocenters. The lowest BCUT2D eigenvalue weighted by Crippen LogP contribution is -2.41. The fourth-order valence-electron chi connectivity index (χ4n) is 3.20. The predicted octanol–water partition coefficient (Wildman–Crippen LogP) is 2.23. The number of aromatic nitrogens is 2. The average Bonchev–Trinajstić information content (AvgIpc) is 3.06. The van der Waals surface area contributed by atoms with Crippen LogP contribution < -0.4 is 4.74 Å². The Labute approximate surface area is 134 Å². The monoisotopic (exact) mass is 313 g/mol. The molecule has 1 saturated heterocycles. The molecule has 6 heteroatoms. The summed E-state index contributed by atoms with van der Waals surface area (Å²) in [4.78, 5) is 14.8. The van der Waals surface area contributed by atoms with Crippen molar-refractivity contribution in [3.63, 3.8) is 0 Å². The van der Waals surface area contributed by atoms with Gasteiger partial charge in [0.25, 0.3) is 5.91 Å². The number of ether oxygens (including phenoxy) is 2. The SMILES string of the molecule is O=C(c1cnn2c1OCCC2)N1COCCC1c1ccccc1. The fourth-order valence-corrected chi connectivity index (χ4v) is 3.20. The summed E-state index contributed by atoms with van der Waals surface area (Å²) in [5.74, 6) is 0.500. The lowest BCUT2D eigenvalue weighted by atomic mass is 10.0. The Hall–Kier alpha value is -2.34. The van der Waals surface area contributed by atoms with Crippen molar-refractivity contribution in [2.75, 3.05) is 19.9 Å². The highest BCUT2D eigenvalue weighted by Gasteiger charge is 2.32. The van der Waals surface area contributed by atoms with Crippen molar-refractivity contribution >= 4 is 5.91 Å². The van der Waals surface area contributed by atoms with Crippen molar-refractivity contribution < 1.29 is 14.3 Å². The summed E-state index contributed by atoms with van der Waals surface area (Å²) in [5, 5.41) is 4.27. The molecular formula is C17H19N3O3. The van der Waals surface area contributed by atoms with Gasteiger partial charge in [-0.1, -0.05) is 30.3 Å². The Kier molecular flexibility index (Phi) is 3.75.